The molecule has 4 N–H and O–H groups in total. The van der Waals surface area contributed by atoms with Gasteiger partial charge in [-0.3, -0.25) is 14.5 Å². The van der Waals surface area contributed by atoms with Gasteiger partial charge in [-0.1, -0.05) is 59.7 Å². The largest absolute Gasteiger partial charge is 0.616 e. The first-order chi connectivity index (χ1) is 17.0. The molecule has 0 aliphatic carbocycles. The molecule has 1 saturated heterocycles. The number of anilines is 2. The van der Waals surface area contributed by atoms with E-state index >= 15 is 0 Å². The fourth-order valence-electron chi connectivity index (χ4n) is 4.39. The Morgan fingerprint density at radius 2 is 1.71 bits per heavy atom. The zero-order valence-electron chi connectivity index (χ0n) is 19.1. The quantitative estimate of drug-likeness (QED) is 0.366. The zero-order valence-corrected chi connectivity index (χ0v) is 19.9. The van der Waals surface area contributed by atoms with Crippen molar-refractivity contribution >= 4 is 45.6 Å². The summed E-state index contributed by atoms with van der Waals surface area (Å²) in [5, 5.41) is 6.32. The van der Waals surface area contributed by atoms with Crippen molar-refractivity contribution in [2.75, 3.05) is 35.2 Å². The third kappa shape index (κ3) is 5.09. The highest BCUT2D eigenvalue weighted by molar-refractivity contribution is 7.91. The van der Waals surface area contributed by atoms with Gasteiger partial charge in [0.1, 0.15) is 11.5 Å². The minimum Gasteiger partial charge on any atom is -0.616 e. The Morgan fingerprint density at radius 1 is 1.00 bits per heavy atom. The van der Waals surface area contributed by atoms with Crippen LogP contribution in [0.5, 0.6) is 0 Å². The molecule has 2 heterocycles. The molecule has 5 rings (SSSR count). The SMILES string of the molecule is NC(=O)c1ccc2c(c1)NC(=O)/C2=C(\Nc1ccc(CN2CC[S+]([O-])CC2)cc1)c1ccccc1. The van der Waals surface area contributed by atoms with E-state index in [1.807, 2.05) is 42.5 Å². The topological polar surface area (TPSA) is 111 Å². The molecule has 0 aromatic heterocycles. The van der Waals surface area contributed by atoms with Crippen LogP contribution in [0.2, 0.25) is 0 Å². The van der Waals surface area contributed by atoms with Crippen molar-refractivity contribution in [2.24, 2.45) is 5.73 Å². The van der Waals surface area contributed by atoms with Crippen molar-refractivity contribution in [3.05, 3.63) is 95.1 Å². The van der Waals surface area contributed by atoms with Gasteiger partial charge in [-0.05, 0) is 35.4 Å². The summed E-state index contributed by atoms with van der Waals surface area (Å²) < 4.78 is 11.6. The predicted molar refractivity (Wildman–Crippen MR) is 140 cm³/mol. The molecule has 35 heavy (non-hydrogen) atoms. The molecule has 8 heteroatoms. The lowest BCUT2D eigenvalue weighted by molar-refractivity contribution is -0.110. The van der Waals surface area contributed by atoms with E-state index in [0.717, 1.165) is 42.4 Å². The Kier molecular flexibility index (Phi) is 6.59. The van der Waals surface area contributed by atoms with E-state index in [0.29, 0.717) is 28.1 Å². The first-order valence-electron chi connectivity index (χ1n) is 11.5. The number of nitrogens with two attached hydrogens (primary N) is 1. The van der Waals surface area contributed by atoms with Gasteiger partial charge in [-0.2, -0.15) is 0 Å². The second-order valence-electron chi connectivity index (χ2n) is 8.64. The van der Waals surface area contributed by atoms with Crippen LogP contribution in [-0.4, -0.2) is 45.9 Å². The van der Waals surface area contributed by atoms with Crippen molar-refractivity contribution < 1.29 is 14.1 Å². The number of nitrogens with one attached hydrogen (secondary N) is 2. The van der Waals surface area contributed by atoms with Gasteiger partial charge in [0, 0.05) is 42.1 Å². The monoisotopic (exact) mass is 486 g/mol. The summed E-state index contributed by atoms with van der Waals surface area (Å²) in [7, 11) is 0. The maximum absolute atomic E-state index is 13.1. The number of carbonyl (C=O) groups is 2. The number of hydrogen-bond acceptors (Lipinski definition) is 5. The minimum atomic E-state index is -0.684. The zero-order chi connectivity index (χ0) is 24.4. The van der Waals surface area contributed by atoms with Gasteiger partial charge in [-0.15, -0.1) is 0 Å². The predicted octanol–water partition coefficient (Wildman–Crippen LogP) is 3.28. The Bertz CT molecular complexity index is 1280. The van der Waals surface area contributed by atoms with Crippen LogP contribution >= 0.6 is 0 Å². The molecule has 2 amide bonds. The molecule has 0 spiro atoms. The lowest BCUT2D eigenvalue weighted by Crippen LogP contribution is -2.39. The molecule has 0 atom stereocenters. The summed E-state index contributed by atoms with van der Waals surface area (Å²) in [4.78, 5) is 27.0. The maximum atomic E-state index is 13.1. The van der Waals surface area contributed by atoms with Crippen LogP contribution in [-0.2, 0) is 22.5 Å². The lowest BCUT2D eigenvalue weighted by atomic mass is 9.99. The summed E-state index contributed by atoms with van der Waals surface area (Å²) in [5.74, 6) is 0.682. The van der Waals surface area contributed by atoms with Crippen LogP contribution in [0, 0.1) is 0 Å². The normalized spacial score (nSPS) is 17.6. The van der Waals surface area contributed by atoms with E-state index in [2.05, 4.69) is 27.7 Å². The van der Waals surface area contributed by atoms with Crippen molar-refractivity contribution in [3.63, 3.8) is 0 Å². The van der Waals surface area contributed by atoms with Crippen molar-refractivity contribution in [2.45, 2.75) is 6.54 Å². The van der Waals surface area contributed by atoms with Gasteiger partial charge in [-0.25, -0.2) is 0 Å². The highest BCUT2D eigenvalue weighted by atomic mass is 32.2. The number of primary amides is 1. The summed E-state index contributed by atoms with van der Waals surface area (Å²) >= 11 is -0.684. The van der Waals surface area contributed by atoms with Gasteiger partial charge in [0.15, 0.2) is 0 Å². The fraction of sp³-hybridized carbons (Fsp3) is 0.185. The lowest BCUT2D eigenvalue weighted by Gasteiger charge is -2.28. The molecule has 1 fully saturated rings. The van der Waals surface area contributed by atoms with E-state index in [9.17, 15) is 14.1 Å². The average Bonchev–Trinajstić information content (AvgIpc) is 3.20. The number of nitrogens with zero attached hydrogens (tertiary/aromatic N) is 1. The van der Waals surface area contributed by atoms with E-state index in [1.165, 1.54) is 5.56 Å². The van der Waals surface area contributed by atoms with Crippen LogP contribution in [0.1, 0.15) is 27.0 Å². The Morgan fingerprint density at radius 3 is 2.40 bits per heavy atom. The molecule has 0 unspecified atom stereocenters. The van der Waals surface area contributed by atoms with Crippen LogP contribution in [0.4, 0.5) is 11.4 Å². The molecule has 178 valence electrons. The number of fused-ring (bicyclic) bond motifs is 1. The number of amides is 2. The number of benzene rings is 3. The van der Waals surface area contributed by atoms with Gasteiger partial charge in [0.2, 0.25) is 5.91 Å². The summed E-state index contributed by atoms with van der Waals surface area (Å²) in [6.45, 7) is 2.52. The van der Waals surface area contributed by atoms with Crippen molar-refractivity contribution in [1.29, 1.82) is 0 Å². The van der Waals surface area contributed by atoms with Crippen molar-refractivity contribution in [3.8, 4) is 0 Å². The number of hydrogen-bond donors (Lipinski definition) is 3. The number of carbonyl (C=O) groups excluding carboxylic acids is 2. The van der Waals surface area contributed by atoms with Crippen LogP contribution in [0.3, 0.4) is 0 Å². The first kappa shape index (κ1) is 23.2. The summed E-state index contributed by atoms with van der Waals surface area (Å²) in [6.07, 6.45) is 0. The van der Waals surface area contributed by atoms with Crippen LogP contribution in [0.15, 0.2) is 72.8 Å². The van der Waals surface area contributed by atoms with E-state index in [-0.39, 0.29) is 5.91 Å². The molecule has 0 radical (unpaired) electrons. The number of rotatable bonds is 6. The molecule has 3 aromatic carbocycles. The average molecular weight is 487 g/mol. The first-order valence-corrected chi connectivity index (χ1v) is 13.0. The molecule has 2 aliphatic rings. The fourth-order valence-corrected chi connectivity index (χ4v) is 5.52. The maximum Gasteiger partial charge on any atom is 0.258 e. The summed E-state index contributed by atoms with van der Waals surface area (Å²) in [5.41, 5.74) is 11.1. The smallest absolute Gasteiger partial charge is 0.258 e. The highest BCUT2D eigenvalue weighted by Crippen LogP contribution is 2.38. The molecule has 3 aromatic rings. The molecule has 0 saturated carbocycles. The van der Waals surface area contributed by atoms with Gasteiger partial charge < -0.3 is 20.9 Å². The molecule has 2 aliphatic heterocycles. The summed E-state index contributed by atoms with van der Waals surface area (Å²) in [6, 6.07) is 22.8. The molecule has 0 bridgehead atoms. The van der Waals surface area contributed by atoms with E-state index in [4.69, 9.17) is 5.73 Å². The van der Waals surface area contributed by atoms with Crippen molar-refractivity contribution in [1.82, 2.24) is 4.90 Å². The van der Waals surface area contributed by atoms with Gasteiger partial charge in [0.25, 0.3) is 5.91 Å². The molecule has 7 nitrogen and oxygen atoms in total. The Hall–Kier alpha value is -3.59. The Balaban J connectivity index is 1.45. The van der Waals surface area contributed by atoms with Crippen LogP contribution in [0.25, 0.3) is 11.3 Å². The highest BCUT2D eigenvalue weighted by Gasteiger charge is 2.29. The van der Waals surface area contributed by atoms with Crippen LogP contribution < -0.4 is 16.4 Å². The second-order valence-corrected chi connectivity index (χ2v) is 10.3. The van der Waals surface area contributed by atoms with E-state index < -0.39 is 17.1 Å². The molecular weight excluding hydrogens is 460 g/mol. The van der Waals surface area contributed by atoms with Gasteiger partial charge in [0.05, 0.1) is 11.3 Å². The van der Waals surface area contributed by atoms with E-state index in [1.54, 1.807) is 18.2 Å². The van der Waals surface area contributed by atoms with Gasteiger partial charge >= 0.3 is 0 Å². The third-order valence-corrected chi connectivity index (χ3v) is 7.54. The standard InChI is InChI=1S/C27H26N4O3S/c28-26(32)20-8-11-22-23(16-20)30-27(33)24(22)25(19-4-2-1-3-5-19)29-21-9-6-18(7-10-21)17-31-12-14-35(34)15-13-31/h1-11,16,29H,12-15,17H2,(H2,28,32)(H,30,33)/b25-24-. The molecular formula is C27H26N4O3S. The minimum absolute atomic E-state index is 0.243. The second kappa shape index (κ2) is 9.95. The Labute approximate surface area is 207 Å². The third-order valence-electron chi connectivity index (χ3n) is 6.26.